The van der Waals surface area contributed by atoms with Crippen LogP contribution in [0.25, 0.3) is 0 Å². The molecule has 1 atom stereocenters. The molecule has 0 bridgehead atoms. The second kappa shape index (κ2) is 6.61. The van der Waals surface area contributed by atoms with Crippen molar-refractivity contribution in [3.05, 3.63) is 28.2 Å². The van der Waals surface area contributed by atoms with Gasteiger partial charge >= 0.3 is 5.97 Å². The number of methoxy groups -OCH3 is 1. The number of carbonyl (C=O) groups is 1. The van der Waals surface area contributed by atoms with Gasteiger partial charge in [0.2, 0.25) is 0 Å². The fraction of sp³-hybridized carbons (Fsp3) is 0.417. The molecule has 0 saturated carbocycles. The van der Waals surface area contributed by atoms with E-state index in [-0.39, 0.29) is 11.5 Å². The SMILES string of the molecule is COCC(C)COc1c(Br)cccc1C(=O)O. The molecule has 4 nitrogen and oxygen atoms in total. The number of aromatic carboxylic acids is 1. The predicted octanol–water partition coefficient (Wildman–Crippen LogP) is 2.81. The van der Waals surface area contributed by atoms with Crippen LogP contribution in [0.4, 0.5) is 0 Å². The van der Waals surface area contributed by atoms with Crippen molar-refractivity contribution in [2.24, 2.45) is 5.92 Å². The van der Waals surface area contributed by atoms with Gasteiger partial charge in [0.15, 0.2) is 0 Å². The normalized spacial score (nSPS) is 12.2. The highest BCUT2D eigenvalue weighted by Crippen LogP contribution is 2.29. The number of rotatable bonds is 6. The Kier molecular flexibility index (Phi) is 5.44. The molecule has 0 amide bonds. The third-order valence-electron chi connectivity index (χ3n) is 2.16. The third-order valence-corrected chi connectivity index (χ3v) is 2.79. The van der Waals surface area contributed by atoms with Gasteiger partial charge in [-0.25, -0.2) is 4.79 Å². The summed E-state index contributed by atoms with van der Waals surface area (Å²) in [4.78, 5) is 11.0. The molecule has 5 heteroatoms. The molecule has 0 radical (unpaired) electrons. The van der Waals surface area contributed by atoms with Crippen LogP contribution < -0.4 is 4.74 Å². The first-order valence-electron chi connectivity index (χ1n) is 5.19. The van der Waals surface area contributed by atoms with Crippen molar-refractivity contribution in [3.8, 4) is 5.75 Å². The summed E-state index contributed by atoms with van der Waals surface area (Å²) in [7, 11) is 1.62. The highest BCUT2D eigenvalue weighted by Gasteiger charge is 2.15. The van der Waals surface area contributed by atoms with Gasteiger partial charge in [0.05, 0.1) is 17.7 Å². The lowest BCUT2D eigenvalue weighted by Gasteiger charge is -2.14. The molecule has 0 saturated heterocycles. The molecule has 0 aliphatic heterocycles. The second-order valence-electron chi connectivity index (χ2n) is 3.79. The summed E-state index contributed by atoms with van der Waals surface area (Å²) in [6.45, 7) is 2.96. The van der Waals surface area contributed by atoms with Crippen LogP contribution in [0.2, 0.25) is 0 Å². The summed E-state index contributed by atoms with van der Waals surface area (Å²) in [6.07, 6.45) is 0. The molecule has 1 rings (SSSR count). The number of halogens is 1. The van der Waals surface area contributed by atoms with Crippen LogP contribution in [0.15, 0.2) is 22.7 Å². The fourth-order valence-electron chi connectivity index (χ4n) is 1.38. The monoisotopic (exact) mass is 302 g/mol. The van der Waals surface area contributed by atoms with Crippen molar-refractivity contribution < 1.29 is 19.4 Å². The average molecular weight is 303 g/mol. The van der Waals surface area contributed by atoms with Crippen molar-refractivity contribution in [1.82, 2.24) is 0 Å². The number of para-hydroxylation sites is 1. The van der Waals surface area contributed by atoms with E-state index in [1.807, 2.05) is 6.92 Å². The van der Waals surface area contributed by atoms with E-state index in [1.165, 1.54) is 6.07 Å². The van der Waals surface area contributed by atoms with E-state index in [2.05, 4.69) is 15.9 Å². The Balaban J connectivity index is 2.79. The Morgan fingerprint density at radius 3 is 2.76 bits per heavy atom. The summed E-state index contributed by atoms with van der Waals surface area (Å²) in [5.74, 6) is -0.433. The second-order valence-corrected chi connectivity index (χ2v) is 4.65. The number of benzene rings is 1. The summed E-state index contributed by atoms with van der Waals surface area (Å²) >= 11 is 3.28. The fourth-order valence-corrected chi connectivity index (χ4v) is 1.86. The summed E-state index contributed by atoms with van der Waals surface area (Å²) in [5, 5.41) is 9.03. The minimum absolute atomic E-state index is 0.156. The first kappa shape index (κ1) is 14.0. The Labute approximate surface area is 109 Å². The molecule has 1 aromatic carbocycles. The van der Waals surface area contributed by atoms with Crippen LogP contribution in [-0.4, -0.2) is 31.4 Å². The first-order chi connectivity index (χ1) is 8.06. The van der Waals surface area contributed by atoms with Gasteiger partial charge in [-0.2, -0.15) is 0 Å². The standard InChI is InChI=1S/C12H15BrO4/c1-8(6-16-2)7-17-11-9(12(14)15)4-3-5-10(11)13/h3-5,8H,6-7H2,1-2H3,(H,14,15). The van der Waals surface area contributed by atoms with Crippen molar-refractivity contribution >= 4 is 21.9 Å². The van der Waals surface area contributed by atoms with Crippen LogP contribution in [0.5, 0.6) is 5.75 Å². The molecule has 0 aliphatic rings. The van der Waals surface area contributed by atoms with Crippen LogP contribution in [0, 0.1) is 5.92 Å². The van der Waals surface area contributed by atoms with Gasteiger partial charge in [-0.3, -0.25) is 0 Å². The molecule has 0 aliphatic carbocycles. The molecule has 0 fully saturated rings. The van der Waals surface area contributed by atoms with Crippen LogP contribution >= 0.6 is 15.9 Å². The average Bonchev–Trinajstić information content (AvgIpc) is 2.27. The Bertz CT molecular complexity index is 392. The summed E-state index contributed by atoms with van der Waals surface area (Å²) in [5.41, 5.74) is 0.156. The maximum atomic E-state index is 11.0. The van der Waals surface area contributed by atoms with Gasteiger partial charge in [0.1, 0.15) is 11.3 Å². The first-order valence-corrected chi connectivity index (χ1v) is 5.99. The van der Waals surface area contributed by atoms with Gasteiger partial charge in [-0.05, 0) is 28.1 Å². The van der Waals surface area contributed by atoms with Gasteiger partial charge in [-0.1, -0.05) is 13.0 Å². The maximum absolute atomic E-state index is 11.0. The van der Waals surface area contributed by atoms with E-state index in [0.717, 1.165) is 0 Å². The van der Waals surface area contributed by atoms with Crippen molar-refractivity contribution in [2.45, 2.75) is 6.92 Å². The Morgan fingerprint density at radius 2 is 2.18 bits per heavy atom. The van der Waals surface area contributed by atoms with E-state index in [9.17, 15) is 4.79 Å². The van der Waals surface area contributed by atoms with E-state index in [1.54, 1.807) is 19.2 Å². The minimum Gasteiger partial charge on any atom is -0.491 e. The zero-order chi connectivity index (χ0) is 12.8. The van der Waals surface area contributed by atoms with E-state index < -0.39 is 5.97 Å². The van der Waals surface area contributed by atoms with Crippen molar-refractivity contribution in [1.29, 1.82) is 0 Å². The maximum Gasteiger partial charge on any atom is 0.339 e. The Morgan fingerprint density at radius 1 is 1.47 bits per heavy atom. The lowest BCUT2D eigenvalue weighted by atomic mass is 10.2. The lowest BCUT2D eigenvalue weighted by Crippen LogP contribution is -2.15. The zero-order valence-electron chi connectivity index (χ0n) is 9.77. The molecule has 17 heavy (non-hydrogen) atoms. The molecular formula is C12H15BrO4. The number of carboxylic acid groups (broad SMARTS) is 1. The van der Waals surface area contributed by atoms with Gasteiger partial charge in [0.25, 0.3) is 0 Å². The minimum atomic E-state index is -0.999. The molecular weight excluding hydrogens is 288 g/mol. The van der Waals surface area contributed by atoms with Gasteiger partial charge < -0.3 is 14.6 Å². The molecule has 0 heterocycles. The van der Waals surface area contributed by atoms with E-state index in [4.69, 9.17) is 14.6 Å². The van der Waals surface area contributed by atoms with E-state index in [0.29, 0.717) is 23.4 Å². The number of hydrogen-bond donors (Lipinski definition) is 1. The highest BCUT2D eigenvalue weighted by molar-refractivity contribution is 9.10. The van der Waals surface area contributed by atoms with Crippen LogP contribution in [0.3, 0.4) is 0 Å². The molecule has 94 valence electrons. The molecule has 1 N–H and O–H groups in total. The molecule has 1 unspecified atom stereocenters. The van der Waals surface area contributed by atoms with Crippen LogP contribution in [-0.2, 0) is 4.74 Å². The summed E-state index contributed by atoms with van der Waals surface area (Å²) < 4.78 is 11.2. The quantitative estimate of drug-likeness (QED) is 0.878. The number of ether oxygens (including phenoxy) is 2. The third kappa shape index (κ3) is 4.02. The topological polar surface area (TPSA) is 55.8 Å². The number of hydrogen-bond acceptors (Lipinski definition) is 3. The number of carboxylic acids is 1. The Hall–Kier alpha value is -1.07. The van der Waals surface area contributed by atoms with Gasteiger partial charge in [0, 0.05) is 13.0 Å². The highest BCUT2D eigenvalue weighted by atomic mass is 79.9. The molecule has 0 aromatic heterocycles. The van der Waals surface area contributed by atoms with Crippen molar-refractivity contribution in [2.75, 3.05) is 20.3 Å². The van der Waals surface area contributed by atoms with Gasteiger partial charge in [-0.15, -0.1) is 0 Å². The summed E-state index contributed by atoms with van der Waals surface area (Å²) in [6, 6.07) is 4.94. The van der Waals surface area contributed by atoms with E-state index >= 15 is 0 Å². The zero-order valence-corrected chi connectivity index (χ0v) is 11.4. The van der Waals surface area contributed by atoms with Crippen LogP contribution in [0.1, 0.15) is 17.3 Å². The largest absolute Gasteiger partial charge is 0.491 e. The predicted molar refractivity (Wildman–Crippen MR) is 67.6 cm³/mol. The smallest absolute Gasteiger partial charge is 0.339 e. The lowest BCUT2D eigenvalue weighted by molar-refractivity contribution is 0.0689. The molecule has 1 aromatic rings. The van der Waals surface area contributed by atoms with Crippen molar-refractivity contribution in [3.63, 3.8) is 0 Å². The molecule has 0 spiro atoms.